The predicted molar refractivity (Wildman–Crippen MR) is 75.1 cm³/mol. The van der Waals surface area contributed by atoms with E-state index in [1.165, 1.54) is 12.1 Å². The summed E-state index contributed by atoms with van der Waals surface area (Å²) in [5, 5.41) is 3.53. The lowest BCUT2D eigenvalue weighted by Gasteiger charge is -2.34. The van der Waals surface area contributed by atoms with Crippen molar-refractivity contribution < 1.29 is 9.18 Å². The molecule has 1 aromatic carbocycles. The highest BCUT2D eigenvalue weighted by molar-refractivity contribution is 6.33. The Kier molecular flexibility index (Phi) is 4.42. The topological polar surface area (TPSA) is 32.3 Å². The quantitative estimate of drug-likeness (QED) is 0.925. The molecule has 19 heavy (non-hydrogen) atoms. The fourth-order valence-electron chi connectivity index (χ4n) is 2.37. The zero-order valence-electron chi connectivity index (χ0n) is 11.1. The molecule has 5 heteroatoms. The second-order valence-electron chi connectivity index (χ2n) is 5.10. The monoisotopic (exact) mass is 284 g/mol. The first kappa shape index (κ1) is 14.3. The third kappa shape index (κ3) is 3.25. The van der Waals surface area contributed by atoms with Gasteiger partial charge in [0.1, 0.15) is 5.82 Å². The van der Waals surface area contributed by atoms with E-state index in [0.29, 0.717) is 12.2 Å². The SMILES string of the molecule is CC(C)NC1CCCN(c2ccc(F)cc2Cl)C1=O. The molecule has 1 aliphatic rings. The maximum Gasteiger partial charge on any atom is 0.244 e. The second-order valence-corrected chi connectivity index (χ2v) is 5.51. The maximum absolute atomic E-state index is 13.1. The Morgan fingerprint density at radius 1 is 1.47 bits per heavy atom. The van der Waals surface area contributed by atoms with Crippen molar-refractivity contribution in [1.82, 2.24) is 5.32 Å². The fourth-order valence-corrected chi connectivity index (χ4v) is 2.64. The Hall–Kier alpha value is -1.13. The van der Waals surface area contributed by atoms with Crippen molar-refractivity contribution in [3.8, 4) is 0 Å². The average molecular weight is 285 g/mol. The maximum atomic E-state index is 13.1. The van der Waals surface area contributed by atoms with Crippen LogP contribution in [0.1, 0.15) is 26.7 Å². The summed E-state index contributed by atoms with van der Waals surface area (Å²) in [7, 11) is 0. The third-order valence-electron chi connectivity index (χ3n) is 3.17. The van der Waals surface area contributed by atoms with Crippen molar-refractivity contribution in [3.63, 3.8) is 0 Å². The Morgan fingerprint density at radius 3 is 2.84 bits per heavy atom. The minimum absolute atomic E-state index is 0.00783. The molecule has 1 amide bonds. The number of hydrogen-bond acceptors (Lipinski definition) is 2. The molecule has 0 bridgehead atoms. The standard InChI is InChI=1S/C14H18ClFN2O/c1-9(2)17-12-4-3-7-18(14(12)19)13-6-5-10(16)8-11(13)15/h5-6,8-9,12,17H,3-4,7H2,1-2H3. The van der Waals surface area contributed by atoms with Crippen LogP contribution < -0.4 is 10.2 Å². The van der Waals surface area contributed by atoms with Crippen LogP contribution in [0.25, 0.3) is 0 Å². The van der Waals surface area contributed by atoms with Crippen LogP contribution in [0.3, 0.4) is 0 Å². The number of amides is 1. The van der Waals surface area contributed by atoms with Gasteiger partial charge < -0.3 is 10.2 Å². The number of carbonyl (C=O) groups excluding carboxylic acids is 1. The van der Waals surface area contributed by atoms with Gasteiger partial charge in [-0.3, -0.25) is 4.79 Å². The Morgan fingerprint density at radius 2 is 2.21 bits per heavy atom. The molecule has 1 unspecified atom stereocenters. The lowest BCUT2D eigenvalue weighted by molar-refractivity contribution is -0.121. The van der Waals surface area contributed by atoms with Gasteiger partial charge in [0.2, 0.25) is 5.91 Å². The van der Waals surface area contributed by atoms with Crippen LogP contribution in [-0.2, 0) is 4.79 Å². The largest absolute Gasteiger partial charge is 0.310 e. The van der Waals surface area contributed by atoms with Gasteiger partial charge in [0.15, 0.2) is 0 Å². The Balaban J connectivity index is 2.21. The molecule has 1 N–H and O–H groups in total. The van der Waals surface area contributed by atoms with Gasteiger partial charge in [-0.25, -0.2) is 4.39 Å². The summed E-state index contributed by atoms with van der Waals surface area (Å²) in [6.45, 7) is 4.65. The normalized spacial score (nSPS) is 20.2. The molecule has 0 saturated carbocycles. The summed E-state index contributed by atoms with van der Waals surface area (Å²) in [4.78, 5) is 14.1. The van der Waals surface area contributed by atoms with E-state index in [9.17, 15) is 9.18 Å². The summed E-state index contributed by atoms with van der Waals surface area (Å²) in [6, 6.07) is 4.19. The lowest BCUT2D eigenvalue weighted by atomic mass is 10.0. The van der Waals surface area contributed by atoms with Crippen molar-refractivity contribution in [3.05, 3.63) is 29.0 Å². The molecule has 104 valence electrons. The minimum atomic E-state index is -0.393. The van der Waals surface area contributed by atoms with E-state index >= 15 is 0 Å². The lowest BCUT2D eigenvalue weighted by Crippen LogP contribution is -2.52. The number of nitrogens with zero attached hydrogens (tertiary/aromatic N) is 1. The van der Waals surface area contributed by atoms with Crippen LogP contribution in [0.15, 0.2) is 18.2 Å². The van der Waals surface area contributed by atoms with Crippen LogP contribution in [0.2, 0.25) is 5.02 Å². The van der Waals surface area contributed by atoms with Gasteiger partial charge >= 0.3 is 0 Å². The number of piperidine rings is 1. The van der Waals surface area contributed by atoms with Crippen LogP contribution in [0.4, 0.5) is 10.1 Å². The van der Waals surface area contributed by atoms with Crippen molar-refractivity contribution in [1.29, 1.82) is 0 Å². The van der Waals surface area contributed by atoms with E-state index in [-0.39, 0.29) is 23.0 Å². The first-order valence-electron chi connectivity index (χ1n) is 6.51. The molecule has 1 saturated heterocycles. The highest BCUT2D eigenvalue weighted by Gasteiger charge is 2.30. The summed E-state index contributed by atoms with van der Waals surface area (Å²) in [6.07, 6.45) is 1.73. The van der Waals surface area contributed by atoms with Crippen LogP contribution in [0.5, 0.6) is 0 Å². The molecule has 1 atom stereocenters. The minimum Gasteiger partial charge on any atom is -0.310 e. The molecule has 1 aliphatic heterocycles. The van der Waals surface area contributed by atoms with Gasteiger partial charge in [-0.05, 0) is 31.0 Å². The third-order valence-corrected chi connectivity index (χ3v) is 3.48. The first-order chi connectivity index (χ1) is 8.99. The van der Waals surface area contributed by atoms with Crippen LogP contribution in [0, 0.1) is 5.82 Å². The van der Waals surface area contributed by atoms with Gasteiger partial charge in [0.05, 0.1) is 16.8 Å². The van der Waals surface area contributed by atoms with E-state index in [0.717, 1.165) is 12.8 Å². The van der Waals surface area contributed by atoms with Gasteiger partial charge in [0, 0.05) is 12.6 Å². The summed E-state index contributed by atoms with van der Waals surface area (Å²) < 4.78 is 13.1. The van der Waals surface area contributed by atoms with Gasteiger partial charge in [-0.15, -0.1) is 0 Å². The number of carbonyl (C=O) groups is 1. The van der Waals surface area contributed by atoms with Crippen molar-refractivity contribution in [2.45, 2.75) is 38.8 Å². The summed E-state index contributed by atoms with van der Waals surface area (Å²) in [5.74, 6) is -0.386. The highest BCUT2D eigenvalue weighted by atomic mass is 35.5. The van der Waals surface area contributed by atoms with Gasteiger partial charge in [-0.2, -0.15) is 0 Å². The molecule has 0 aliphatic carbocycles. The zero-order valence-corrected chi connectivity index (χ0v) is 11.9. The molecule has 1 heterocycles. The number of rotatable bonds is 3. The van der Waals surface area contributed by atoms with E-state index < -0.39 is 5.82 Å². The van der Waals surface area contributed by atoms with Crippen LogP contribution >= 0.6 is 11.6 Å². The molecule has 2 rings (SSSR count). The van der Waals surface area contributed by atoms with E-state index in [1.54, 1.807) is 11.0 Å². The van der Waals surface area contributed by atoms with Crippen LogP contribution in [-0.4, -0.2) is 24.5 Å². The molecular formula is C14H18ClFN2O. The fraction of sp³-hybridized carbons (Fsp3) is 0.500. The second kappa shape index (κ2) is 5.88. The van der Waals surface area contributed by atoms with Gasteiger partial charge in [0.25, 0.3) is 0 Å². The van der Waals surface area contributed by atoms with E-state index in [2.05, 4.69) is 5.32 Å². The number of hydrogen-bond donors (Lipinski definition) is 1. The average Bonchev–Trinajstić information content (AvgIpc) is 2.32. The van der Waals surface area contributed by atoms with E-state index in [4.69, 9.17) is 11.6 Å². The van der Waals surface area contributed by atoms with Gasteiger partial charge in [-0.1, -0.05) is 25.4 Å². The molecule has 1 fully saturated rings. The molecule has 3 nitrogen and oxygen atoms in total. The Labute approximate surface area is 117 Å². The predicted octanol–water partition coefficient (Wildman–Crippen LogP) is 2.97. The molecule has 0 radical (unpaired) electrons. The smallest absolute Gasteiger partial charge is 0.244 e. The molecular weight excluding hydrogens is 267 g/mol. The van der Waals surface area contributed by atoms with Crippen molar-refractivity contribution in [2.75, 3.05) is 11.4 Å². The number of halogens is 2. The summed E-state index contributed by atoms with van der Waals surface area (Å²) >= 11 is 6.03. The first-order valence-corrected chi connectivity index (χ1v) is 6.89. The van der Waals surface area contributed by atoms with Crippen molar-refractivity contribution in [2.24, 2.45) is 0 Å². The highest BCUT2D eigenvalue weighted by Crippen LogP contribution is 2.29. The number of anilines is 1. The molecule has 1 aromatic rings. The number of nitrogens with one attached hydrogen (secondary N) is 1. The molecule has 0 spiro atoms. The zero-order chi connectivity index (χ0) is 14.0. The number of benzene rings is 1. The summed E-state index contributed by atoms with van der Waals surface area (Å²) in [5.41, 5.74) is 0.586. The van der Waals surface area contributed by atoms with E-state index in [1.807, 2.05) is 13.8 Å². The molecule has 0 aromatic heterocycles. The Bertz CT molecular complexity index is 479. The van der Waals surface area contributed by atoms with Crippen molar-refractivity contribution >= 4 is 23.2 Å².